The largest absolute Gasteiger partial charge is 0.483 e. The summed E-state index contributed by atoms with van der Waals surface area (Å²) in [5.74, 6) is -2.23. The van der Waals surface area contributed by atoms with Crippen molar-refractivity contribution in [2.45, 2.75) is 122 Å². The van der Waals surface area contributed by atoms with E-state index >= 15 is 0 Å². The molecule has 1 aromatic carbocycles. The minimum Gasteiger partial charge on any atom is -0.483 e. The van der Waals surface area contributed by atoms with Crippen LogP contribution >= 0.6 is 15.9 Å². The molecule has 2 saturated carbocycles. The van der Waals surface area contributed by atoms with E-state index < -0.39 is 80.2 Å². The van der Waals surface area contributed by atoms with E-state index in [4.69, 9.17) is 28.1 Å². The van der Waals surface area contributed by atoms with Crippen molar-refractivity contribution in [2.24, 2.45) is 21.7 Å². The zero-order valence-corrected chi connectivity index (χ0v) is 30.3. The Morgan fingerprint density at radius 1 is 0.792 bits per heavy atom. The highest BCUT2D eigenvalue weighted by molar-refractivity contribution is 9.08. The monoisotopic (exact) mass is 728 g/mol. The second-order valence-corrected chi connectivity index (χ2v) is 16.8. The molecule has 12 heteroatoms. The summed E-state index contributed by atoms with van der Waals surface area (Å²) in [7, 11) is 0. The van der Waals surface area contributed by atoms with Crippen molar-refractivity contribution in [3.05, 3.63) is 39.2 Å². The van der Waals surface area contributed by atoms with Gasteiger partial charge in [0.1, 0.15) is 16.9 Å². The fourth-order valence-corrected chi connectivity index (χ4v) is 9.40. The molecule has 5 aliphatic rings. The Labute approximate surface area is 286 Å². The Kier molecular flexibility index (Phi) is 6.64. The highest BCUT2D eigenvalue weighted by atomic mass is 79.9. The first kappa shape index (κ1) is 33.1. The number of esters is 4. The van der Waals surface area contributed by atoms with Gasteiger partial charge in [0.2, 0.25) is 11.2 Å². The minimum atomic E-state index is -1.61. The van der Waals surface area contributed by atoms with E-state index in [1.165, 1.54) is 6.07 Å². The van der Waals surface area contributed by atoms with Crippen molar-refractivity contribution in [2.75, 3.05) is 0 Å². The number of carbonyl (C=O) groups is 4. The average Bonchev–Trinajstić information content (AvgIpc) is 3.46. The summed E-state index contributed by atoms with van der Waals surface area (Å²) in [6.07, 6.45) is -1.34. The van der Waals surface area contributed by atoms with Crippen LogP contribution < -0.4 is 10.4 Å². The normalized spacial score (nSPS) is 36.3. The van der Waals surface area contributed by atoms with Gasteiger partial charge in [-0.3, -0.25) is 9.59 Å². The molecule has 2 saturated heterocycles. The van der Waals surface area contributed by atoms with Crippen LogP contribution in [0, 0.1) is 28.6 Å². The number of alkyl halides is 1. The lowest BCUT2D eigenvalue weighted by Gasteiger charge is -2.46. The van der Waals surface area contributed by atoms with Gasteiger partial charge < -0.3 is 28.1 Å². The Balaban J connectivity index is 1.41. The van der Waals surface area contributed by atoms with Gasteiger partial charge in [-0.15, -0.1) is 0 Å². The first-order valence-electron chi connectivity index (χ1n) is 16.4. The third-order valence-electron chi connectivity index (χ3n) is 13.4. The highest BCUT2D eigenvalue weighted by Gasteiger charge is 2.78. The maximum Gasteiger partial charge on any atom is 0.351 e. The number of carbonyl (C=O) groups excluding carboxylic acids is 4. The van der Waals surface area contributed by atoms with E-state index in [-0.39, 0.29) is 24.0 Å². The van der Waals surface area contributed by atoms with Crippen LogP contribution in [0.1, 0.15) is 104 Å². The number of ether oxygens (including phenoxy) is 5. The highest BCUT2D eigenvalue weighted by Crippen LogP contribution is 2.67. The molecule has 4 fully saturated rings. The van der Waals surface area contributed by atoms with E-state index in [0.29, 0.717) is 40.4 Å². The molecule has 4 unspecified atom stereocenters. The molecule has 2 aromatic rings. The summed E-state index contributed by atoms with van der Waals surface area (Å²) in [5, 5.41) is 0.913. The molecule has 11 nitrogen and oxygen atoms in total. The molecular weight excluding hydrogens is 688 g/mol. The van der Waals surface area contributed by atoms with Crippen molar-refractivity contribution in [3.8, 4) is 5.75 Å². The van der Waals surface area contributed by atoms with Gasteiger partial charge >= 0.3 is 29.5 Å². The van der Waals surface area contributed by atoms with Crippen LogP contribution in [0.2, 0.25) is 0 Å². The van der Waals surface area contributed by atoms with Crippen LogP contribution in [0.25, 0.3) is 11.0 Å². The maximum absolute atomic E-state index is 14.6. The Bertz CT molecular complexity index is 1910. The smallest absolute Gasteiger partial charge is 0.351 e. The van der Waals surface area contributed by atoms with Crippen molar-refractivity contribution in [3.63, 3.8) is 0 Å². The zero-order valence-electron chi connectivity index (χ0n) is 28.7. The van der Waals surface area contributed by atoms with Crippen LogP contribution in [0.3, 0.4) is 0 Å². The van der Waals surface area contributed by atoms with Gasteiger partial charge in [-0.2, -0.15) is 0 Å². The molecule has 2 aliphatic carbocycles. The third-order valence-corrected chi connectivity index (χ3v) is 14.0. The number of hydrogen-bond acceptors (Lipinski definition) is 11. The van der Waals surface area contributed by atoms with Crippen molar-refractivity contribution in [1.29, 1.82) is 0 Å². The van der Waals surface area contributed by atoms with Gasteiger partial charge in [0, 0.05) is 33.2 Å². The predicted octanol–water partition coefficient (Wildman–Crippen LogP) is 5.91. The molecule has 0 N–H and O–H groups in total. The summed E-state index contributed by atoms with van der Waals surface area (Å²) in [5.41, 5.74) is -7.14. The first-order valence-corrected chi connectivity index (χ1v) is 17.5. The zero-order chi connectivity index (χ0) is 35.2. The molecule has 7 rings (SSSR count). The number of halogens is 1. The van der Waals surface area contributed by atoms with Gasteiger partial charge in [-0.05, 0) is 71.9 Å². The fraction of sp³-hybridized carbons (Fsp3) is 0.639. The van der Waals surface area contributed by atoms with Crippen molar-refractivity contribution >= 4 is 50.8 Å². The number of rotatable bonds is 5. The van der Waals surface area contributed by atoms with Gasteiger partial charge in [0.15, 0.2) is 12.2 Å². The molecule has 0 spiro atoms. The number of benzene rings is 1. The van der Waals surface area contributed by atoms with Crippen LogP contribution in [-0.2, 0) is 43.5 Å². The van der Waals surface area contributed by atoms with E-state index in [9.17, 15) is 24.0 Å². The van der Waals surface area contributed by atoms with E-state index in [1.807, 2.05) is 33.8 Å². The Hall–Kier alpha value is -3.41. The maximum atomic E-state index is 14.6. The van der Waals surface area contributed by atoms with Crippen molar-refractivity contribution < 1.29 is 47.3 Å². The summed E-state index contributed by atoms with van der Waals surface area (Å²) in [6, 6.07) is 3.20. The first-order chi connectivity index (χ1) is 22.1. The summed E-state index contributed by atoms with van der Waals surface area (Å²) in [6.45, 7) is 16.0. The van der Waals surface area contributed by atoms with Gasteiger partial charge in [-0.25, -0.2) is 14.4 Å². The molecular formula is C36H41BrO11. The average molecular weight is 730 g/mol. The summed E-state index contributed by atoms with van der Waals surface area (Å²) >= 11 is 3.55. The van der Waals surface area contributed by atoms with Crippen LogP contribution in [0.4, 0.5) is 0 Å². The van der Waals surface area contributed by atoms with Crippen LogP contribution in [0.5, 0.6) is 5.75 Å². The second kappa shape index (κ2) is 9.63. The van der Waals surface area contributed by atoms with E-state index in [2.05, 4.69) is 15.9 Å². The number of aryl methyl sites for hydroxylation is 1. The predicted molar refractivity (Wildman–Crippen MR) is 173 cm³/mol. The topological polar surface area (TPSA) is 145 Å². The molecule has 4 heterocycles. The fourth-order valence-electron chi connectivity index (χ4n) is 8.98. The number of hydrogen-bond donors (Lipinski definition) is 0. The molecule has 0 amide bonds. The summed E-state index contributed by atoms with van der Waals surface area (Å²) in [4.78, 5) is 68.1. The minimum absolute atomic E-state index is 0.115. The lowest BCUT2D eigenvalue weighted by Crippen LogP contribution is -2.58. The van der Waals surface area contributed by atoms with E-state index in [0.717, 1.165) is 0 Å². The molecule has 4 bridgehead atoms. The lowest BCUT2D eigenvalue weighted by atomic mass is 9.66. The molecule has 1 aromatic heterocycles. The molecule has 258 valence electrons. The summed E-state index contributed by atoms with van der Waals surface area (Å²) < 4.78 is 36.9. The Morgan fingerprint density at radius 2 is 1.31 bits per heavy atom. The van der Waals surface area contributed by atoms with Gasteiger partial charge in [0.25, 0.3) is 0 Å². The van der Waals surface area contributed by atoms with Crippen LogP contribution in [-0.4, -0.2) is 46.8 Å². The quantitative estimate of drug-likeness (QED) is 0.157. The molecule has 48 heavy (non-hydrogen) atoms. The van der Waals surface area contributed by atoms with Gasteiger partial charge in [-0.1, -0.05) is 43.6 Å². The molecule has 6 atom stereocenters. The van der Waals surface area contributed by atoms with Crippen LogP contribution in [0.15, 0.2) is 21.3 Å². The molecule has 0 radical (unpaired) electrons. The Morgan fingerprint density at radius 3 is 1.77 bits per heavy atom. The van der Waals surface area contributed by atoms with E-state index in [1.54, 1.807) is 34.6 Å². The standard InChI is InChI=1S/C36H41BrO11/c1-17-14-20(38)43-23-19(17)15-18(16-37)22-21(23)24(44-28(41)35-12-10-33(8,26(39)47-35)31(35,4)5)25(30(2,3)46-22)45-29(42)36-13-11-34(9,27(40)48-36)32(36,6)7/h14-15,24-25H,10-13,16H2,1-9H3/t24-,25-,33?,34?,35?,36?/m1/s1. The SMILES string of the molecule is Cc1cc(=O)oc2c3c(c(CBr)cc12)OC(C)(C)[C@H](OC(=O)C12CCC(C)(C(=O)O1)C2(C)C)[C@@H]3OC(=O)C12CCC(C)(C(=O)O1)C2(C)C. The van der Waals surface area contributed by atoms with Crippen molar-refractivity contribution in [1.82, 2.24) is 0 Å². The third kappa shape index (κ3) is 3.67. The number of fused-ring (bicyclic) bond motifs is 7. The lowest BCUT2D eigenvalue weighted by molar-refractivity contribution is -0.217. The second-order valence-electron chi connectivity index (χ2n) is 16.2. The van der Waals surface area contributed by atoms with Gasteiger partial charge in [0.05, 0.1) is 16.4 Å². The molecule has 3 aliphatic heterocycles.